The molecule has 168 valence electrons. The first-order valence-electron chi connectivity index (χ1n) is 8.83. The number of amides is 1. The molecule has 0 bridgehead atoms. The van der Waals surface area contributed by atoms with Crippen molar-refractivity contribution in [2.45, 2.75) is 69.0 Å². The fraction of sp³-hybridized carbons (Fsp3) is 0.875. The summed E-state index contributed by atoms with van der Waals surface area (Å²) in [6.07, 6.45) is -9.62. The number of rotatable bonds is 9. The Labute approximate surface area is 166 Å². The molecule has 0 aromatic heterocycles. The predicted molar refractivity (Wildman–Crippen MR) is 89.6 cm³/mol. The van der Waals surface area contributed by atoms with Crippen molar-refractivity contribution < 1.29 is 58.1 Å². The van der Waals surface area contributed by atoms with E-state index in [1.54, 1.807) is 0 Å². The molecule has 0 aromatic rings. The third-order valence-corrected chi connectivity index (χ3v) is 4.51. The van der Waals surface area contributed by atoms with Crippen molar-refractivity contribution in [2.24, 2.45) is 0 Å². The molecule has 1 amide bonds. The standard InChI is InChI=1S/C16H27NO12/c1-7(20)17-10-13(11(22)15(25-5-18)29-14(10)24-3)27-9-4-8(21)12(23-2)16(28-9)26-6-19/h5,8-16,19,21-22H,4,6H2,1-3H3,(H,17,20)/t8?,9?,10-,11-,12-,13?,14?,15?,16?/m0/s1. The maximum Gasteiger partial charge on any atom is 0.295 e. The number of methoxy groups -OCH3 is 2. The number of carbonyl (C=O) groups is 2. The first kappa shape index (κ1) is 23.9. The molecule has 0 saturated carbocycles. The second-order valence-electron chi connectivity index (χ2n) is 6.39. The molecule has 0 aliphatic carbocycles. The lowest BCUT2D eigenvalue weighted by Gasteiger charge is -2.45. The molecule has 2 rings (SSSR count). The molecular weight excluding hydrogens is 398 g/mol. The van der Waals surface area contributed by atoms with Gasteiger partial charge in [-0.3, -0.25) is 9.59 Å². The average molecular weight is 425 g/mol. The lowest BCUT2D eigenvalue weighted by Crippen LogP contribution is -2.66. The Balaban J connectivity index is 2.21. The van der Waals surface area contributed by atoms with E-state index in [0.717, 1.165) is 0 Å². The highest BCUT2D eigenvalue weighted by molar-refractivity contribution is 5.73. The third kappa shape index (κ3) is 5.81. The summed E-state index contributed by atoms with van der Waals surface area (Å²) in [5, 5.41) is 32.4. The Morgan fingerprint density at radius 2 is 1.86 bits per heavy atom. The molecule has 2 saturated heterocycles. The molecule has 0 spiro atoms. The van der Waals surface area contributed by atoms with Gasteiger partial charge in [0.05, 0.1) is 6.10 Å². The van der Waals surface area contributed by atoms with Crippen molar-refractivity contribution in [1.82, 2.24) is 5.32 Å². The molecule has 2 heterocycles. The summed E-state index contributed by atoms with van der Waals surface area (Å²) in [5.41, 5.74) is 0. The number of carbonyl (C=O) groups excluding carboxylic acids is 2. The second kappa shape index (κ2) is 11.1. The normalized spacial score (nSPS) is 40.3. The number of aliphatic hydroxyl groups excluding tert-OH is 3. The zero-order chi connectivity index (χ0) is 21.6. The van der Waals surface area contributed by atoms with E-state index in [0.29, 0.717) is 0 Å². The van der Waals surface area contributed by atoms with Crippen LogP contribution < -0.4 is 5.32 Å². The highest BCUT2D eigenvalue weighted by atomic mass is 16.8. The molecule has 13 heteroatoms. The van der Waals surface area contributed by atoms with Gasteiger partial charge in [-0.05, 0) is 0 Å². The van der Waals surface area contributed by atoms with E-state index >= 15 is 0 Å². The molecule has 6 unspecified atom stereocenters. The molecule has 9 atom stereocenters. The lowest BCUT2D eigenvalue weighted by molar-refractivity contribution is -0.368. The van der Waals surface area contributed by atoms with Crippen molar-refractivity contribution in [3.63, 3.8) is 0 Å². The molecule has 0 radical (unpaired) electrons. The largest absolute Gasteiger partial charge is 0.435 e. The summed E-state index contributed by atoms with van der Waals surface area (Å²) in [6.45, 7) is 0.643. The highest BCUT2D eigenvalue weighted by Gasteiger charge is 2.50. The monoisotopic (exact) mass is 425 g/mol. The van der Waals surface area contributed by atoms with E-state index in [1.165, 1.54) is 21.1 Å². The Morgan fingerprint density at radius 1 is 1.14 bits per heavy atom. The topological polar surface area (TPSA) is 171 Å². The number of aliphatic hydroxyl groups is 3. The van der Waals surface area contributed by atoms with Crippen LogP contribution in [0.3, 0.4) is 0 Å². The molecule has 13 nitrogen and oxygen atoms in total. The molecule has 2 fully saturated rings. The van der Waals surface area contributed by atoms with E-state index in [9.17, 15) is 19.8 Å². The van der Waals surface area contributed by atoms with Gasteiger partial charge in [0, 0.05) is 27.6 Å². The van der Waals surface area contributed by atoms with E-state index < -0.39 is 68.3 Å². The van der Waals surface area contributed by atoms with Crippen molar-refractivity contribution in [2.75, 3.05) is 21.0 Å². The van der Waals surface area contributed by atoms with Gasteiger partial charge in [-0.1, -0.05) is 0 Å². The van der Waals surface area contributed by atoms with Gasteiger partial charge < -0.3 is 53.8 Å². The maximum absolute atomic E-state index is 11.6. The zero-order valence-corrected chi connectivity index (χ0v) is 16.2. The molecule has 2 aliphatic heterocycles. The van der Waals surface area contributed by atoms with Crippen LogP contribution in [0.25, 0.3) is 0 Å². The summed E-state index contributed by atoms with van der Waals surface area (Å²) >= 11 is 0. The van der Waals surface area contributed by atoms with Crippen molar-refractivity contribution in [1.29, 1.82) is 0 Å². The van der Waals surface area contributed by atoms with Crippen LogP contribution in [0.15, 0.2) is 0 Å². The van der Waals surface area contributed by atoms with Crippen LogP contribution in [0.5, 0.6) is 0 Å². The molecule has 4 N–H and O–H groups in total. The molecule has 29 heavy (non-hydrogen) atoms. The van der Waals surface area contributed by atoms with Crippen LogP contribution in [0.1, 0.15) is 13.3 Å². The van der Waals surface area contributed by atoms with Crippen LogP contribution in [0, 0.1) is 0 Å². The van der Waals surface area contributed by atoms with Gasteiger partial charge in [0.15, 0.2) is 18.9 Å². The van der Waals surface area contributed by atoms with Gasteiger partial charge in [-0.2, -0.15) is 0 Å². The average Bonchev–Trinajstić information content (AvgIpc) is 2.66. The van der Waals surface area contributed by atoms with Gasteiger partial charge in [-0.25, -0.2) is 0 Å². The fourth-order valence-electron chi connectivity index (χ4n) is 3.27. The number of ether oxygens (including phenoxy) is 7. The summed E-state index contributed by atoms with van der Waals surface area (Å²) in [7, 11) is 2.63. The minimum Gasteiger partial charge on any atom is -0.435 e. The Kier molecular flexibility index (Phi) is 9.13. The number of hydrogen-bond acceptors (Lipinski definition) is 12. The van der Waals surface area contributed by atoms with E-state index in [2.05, 4.69) is 5.32 Å². The van der Waals surface area contributed by atoms with Crippen LogP contribution in [-0.4, -0.2) is 104 Å². The predicted octanol–water partition coefficient (Wildman–Crippen LogP) is -2.85. The number of hydrogen-bond donors (Lipinski definition) is 4. The van der Waals surface area contributed by atoms with Crippen molar-refractivity contribution >= 4 is 12.4 Å². The first-order valence-corrected chi connectivity index (χ1v) is 8.83. The summed E-state index contributed by atoms with van der Waals surface area (Å²) in [4.78, 5) is 22.3. The number of nitrogens with one attached hydrogen (secondary N) is 1. The zero-order valence-electron chi connectivity index (χ0n) is 16.2. The molecule has 2 aliphatic rings. The fourth-order valence-corrected chi connectivity index (χ4v) is 3.27. The third-order valence-electron chi connectivity index (χ3n) is 4.51. The van der Waals surface area contributed by atoms with E-state index in [4.69, 9.17) is 38.3 Å². The smallest absolute Gasteiger partial charge is 0.295 e. The van der Waals surface area contributed by atoms with E-state index in [1.807, 2.05) is 0 Å². The summed E-state index contributed by atoms with van der Waals surface area (Å²) < 4.78 is 36.7. The van der Waals surface area contributed by atoms with Gasteiger partial charge in [0.2, 0.25) is 12.2 Å². The SMILES string of the molecule is COC1OC(OC=O)[C@@H](O)C(OC2CC(O)[C@H](OC)C(OCO)O2)[C@@H]1NC(C)=O. The lowest BCUT2D eigenvalue weighted by atomic mass is 10.00. The van der Waals surface area contributed by atoms with Crippen LogP contribution >= 0.6 is 0 Å². The Morgan fingerprint density at radius 3 is 2.41 bits per heavy atom. The Bertz CT molecular complexity index is 536. The molecular formula is C16H27NO12. The quantitative estimate of drug-likeness (QED) is 0.220. The van der Waals surface area contributed by atoms with Gasteiger partial charge in [0.1, 0.15) is 31.1 Å². The van der Waals surface area contributed by atoms with E-state index in [-0.39, 0.29) is 12.9 Å². The highest BCUT2D eigenvalue weighted by Crippen LogP contribution is 2.30. The van der Waals surface area contributed by atoms with Gasteiger partial charge >= 0.3 is 0 Å². The summed E-state index contributed by atoms with van der Waals surface area (Å²) in [6, 6.07) is -1.00. The molecule has 0 aromatic carbocycles. The van der Waals surface area contributed by atoms with Crippen molar-refractivity contribution in [3.8, 4) is 0 Å². The first-order chi connectivity index (χ1) is 13.9. The second-order valence-corrected chi connectivity index (χ2v) is 6.39. The van der Waals surface area contributed by atoms with Crippen LogP contribution in [0.4, 0.5) is 0 Å². The minimum atomic E-state index is -1.53. The Hall–Kier alpha value is -1.42. The van der Waals surface area contributed by atoms with Crippen LogP contribution in [0.2, 0.25) is 0 Å². The van der Waals surface area contributed by atoms with Gasteiger partial charge in [-0.15, -0.1) is 0 Å². The minimum absolute atomic E-state index is 0.0719. The maximum atomic E-state index is 11.6. The van der Waals surface area contributed by atoms with Crippen molar-refractivity contribution in [3.05, 3.63) is 0 Å². The van der Waals surface area contributed by atoms with Crippen LogP contribution in [-0.2, 0) is 42.7 Å². The van der Waals surface area contributed by atoms with Gasteiger partial charge in [0.25, 0.3) is 6.47 Å². The summed E-state index contributed by atoms with van der Waals surface area (Å²) in [5.74, 6) is -0.457.